The standard InChI is InChI=1S/C8H9FN4O2.C4H5N/c9-5-3-1-2-4(7(14)12-10)6(5)8(15)13-11;1-2-4-5-3-1/h1-3H,10-11H2,(H,12,14)(H,13,15);1-5H. The minimum atomic E-state index is -0.897. The first-order valence-electron chi connectivity index (χ1n) is 5.50. The van der Waals surface area contributed by atoms with Gasteiger partial charge in [0.25, 0.3) is 11.8 Å². The SMILES string of the molecule is NNC(=O)c1cccc(F)c1C(=O)NN.c1cc[nH]c1. The monoisotopic (exact) mass is 279 g/mol. The van der Waals surface area contributed by atoms with Crippen LogP contribution in [-0.4, -0.2) is 16.8 Å². The molecule has 0 bridgehead atoms. The number of benzene rings is 1. The van der Waals surface area contributed by atoms with Crippen LogP contribution in [0.25, 0.3) is 0 Å². The molecule has 1 aromatic heterocycles. The molecule has 0 aliphatic heterocycles. The number of carbonyl (C=O) groups excluding carboxylic acids is 2. The average molecular weight is 279 g/mol. The Hall–Kier alpha value is -2.71. The highest BCUT2D eigenvalue weighted by molar-refractivity contribution is 6.07. The molecule has 0 radical (unpaired) electrons. The molecule has 7 nitrogen and oxygen atoms in total. The lowest BCUT2D eigenvalue weighted by molar-refractivity contribution is 0.0916. The van der Waals surface area contributed by atoms with E-state index in [0.717, 1.165) is 6.07 Å². The van der Waals surface area contributed by atoms with E-state index in [1.54, 1.807) is 10.9 Å². The highest BCUT2D eigenvalue weighted by Crippen LogP contribution is 2.13. The number of hydrazine groups is 2. The molecule has 2 rings (SSSR count). The Morgan fingerprint density at radius 1 is 1.00 bits per heavy atom. The van der Waals surface area contributed by atoms with E-state index in [-0.39, 0.29) is 5.56 Å². The molecule has 2 amide bonds. The van der Waals surface area contributed by atoms with Crippen LogP contribution in [0.2, 0.25) is 0 Å². The molecule has 0 fully saturated rings. The van der Waals surface area contributed by atoms with E-state index in [9.17, 15) is 14.0 Å². The maximum Gasteiger partial charge on any atom is 0.268 e. The summed E-state index contributed by atoms with van der Waals surface area (Å²) in [7, 11) is 0. The van der Waals surface area contributed by atoms with Crippen molar-refractivity contribution in [2.45, 2.75) is 0 Å². The molecular weight excluding hydrogens is 265 g/mol. The van der Waals surface area contributed by atoms with E-state index in [0.29, 0.717) is 0 Å². The van der Waals surface area contributed by atoms with Gasteiger partial charge in [-0.15, -0.1) is 0 Å². The molecule has 0 aliphatic rings. The number of halogens is 1. The molecule has 0 unspecified atom stereocenters. The molecule has 7 N–H and O–H groups in total. The van der Waals surface area contributed by atoms with Crippen molar-refractivity contribution in [1.82, 2.24) is 15.8 Å². The number of hydrogen-bond donors (Lipinski definition) is 5. The van der Waals surface area contributed by atoms with Gasteiger partial charge < -0.3 is 4.98 Å². The fraction of sp³-hybridized carbons (Fsp3) is 0. The number of nitrogens with one attached hydrogen (secondary N) is 3. The fourth-order valence-corrected chi connectivity index (χ4v) is 1.37. The van der Waals surface area contributed by atoms with Crippen LogP contribution < -0.4 is 22.5 Å². The molecule has 0 saturated carbocycles. The first-order chi connectivity index (χ1) is 9.61. The molecule has 106 valence electrons. The van der Waals surface area contributed by atoms with Crippen LogP contribution in [0.1, 0.15) is 20.7 Å². The number of hydrogen-bond acceptors (Lipinski definition) is 4. The average Bonchev–Trinajstić information content (AvgIpc) is 3.04. The number of rotatable bonds is 2. The van der Waals surface area contributed by atoms with Crippen molar-refractivity contribution in [1.29, 1.82) is 0 Å². The highest BCUT2D eigenvalue weighted by atomic mass is 19.1. The van der Waals surface area contributed by atoms with E-state index in [1.807, 2.05) is 24.5 Å². The molecule has 1 heterocycles. The summed E-state index contributed by atoms with van der Waals surface area (Å²) in [5.41, 5.74) is 2.92. The lowest BCUT2D eigenvalue weighted by atomic mass is 10.1. The second kappa shape index (κ2) is 7.67. The Balaban J connectivity index is 0.000000333. The number of aromatic amines is 1. The Morgan fingerprint density at radius 2 is 1.60 bits per heavy atom. The third kappa shape index (κ3) is 3.90. The topological polar surface area (TPSA) is 126 Å². The second-order valence-electron chi connectivity index (χ2n) is 3.49. The van der Waals surface area contributed by atoms with E-state index in [2.05, 4.69) is 4.98 Å². The van der Waals surface area contributed by atoms with Crippen molar-refractivity contribution < 1.29 is 14.0 Å². The van der Waals surface area contributed by atoms with Crippen LogP contribution in [0.3, 0.4) is 0 Å². The van der Waals surface area contributed by atoms with E-state index >= 15 is 0 Å². The summed E-state index contributed by atoms with van der Waals surface area (Å²) in [4.78, 5) is 25.2. The predicted octanol–water partition coefficient (Wildman–Crippen LogP) is 0.0474. The normalized spacial score (nSPS) is 9.15. The molecular formula is C12H14FN5O2. The molecule has 0 atom stereocenters. The maximum atomic E-state index is 13.2. The van der Waals surface area contributed by atoms with Crippen molar-refractivity contribution in [3.05, 3.63) is 59.7 Å². The minimum Gasteiger partial charge on any atom is -0.368 e. The van der Waals surface area contributed by atoms with Gasteiger partial charge in [-0.1, -0.05) is 6.07 Å². The molecule has 20 heavy (non-hydrogen) atoms. The van der Waals surface area contributed by atoms with Gasteiger partial charge in [0.2, 0.25) is 0 Å². The van der Waals surface area contributed by atoms with Crippen molar-refractivity contribution in [3.63, 3.8) is 0 Å². The Labute approximate surface area is 114 Å². The lowest BCUT2D eigenvalue weighted by Gasteiger charge is -2.07. The zero-order valence-corrected chi connectivity index (χ0v) is 10.4. The Bertz CT molecular complexity index is 554. The maximum absolute atomic E-state index is 13.2. The summed E-state index contributed by atoms with van der Waals surface area (Å²) >= 11 is 0. The third-order valence-corrected chi connectivity index (χ3v) is 2.24. The number of amides is 2. The summed E-state index contributed by atoms with van der Waals surface area (Å²) in [6.07, 6.45) is 3.75. The first-order valence-corrected chi connectivity index (χ1v) is 5.50. The molecule has 0 aliphatic carbocycles. The Kier molecular flexibility index (Phi) is 5.88. The third-order valence-electron chi connectivity index (χ3n) is 2.24. The van der Waals surface area contributed by atoms with Gasteiger partial charge in [0, 0.05) is 12.4 Å². The van der Waals surface area contributed by atoms with E-state index in [4.69, 9.17) is 11.7 Å². The van der Waals surface area contributed by atoms with Crippen molar-refractivity contribution in [3.8, 4) is 0 Å². The van der Waals surface area contributed by atoms with Crippen LogP contribution in [-0.2, 0) is 0 Å². The lowest BCUT2D eigenvalue weighted by Crippen LogP contribution is -2.36. The smallest absolute Gasteiger partial charge is 0.268 e. The molecule has 2 aromatic rings. The van der Waals surface area contributed by atoms with Gasteiger partial charge >= 0.3 is 0 Å². The summed E-state index contributed by atoms with van der Waals surface area (Å²) in [6, 6.07) is 7.47. The molecule has 0 saturated heterocycles. The summed E-state index contributed by atoms with van der Waals surface area (Å²) < 4.78 is 13.2. The Morgan fingerprint density at radius 3 is 2.05 bits per heavy atom. The number of carbonyl (C=O) groups is 2. The van der Waals surface area contributed by atoms with Gasteiger partial charge in [0.1, 0.15) is 5.82 Å². The van der Waals surface area contributed by atoms with Gasteiger partial charge in [-0.2, -0.15) is 0 Å². The number of aromatic nitrogens is 1. The predicted molar refractivity (Wildman–Crippen MR) is 70.5 cm³/mol. The minimum absolute atomic E-state index is 0.180. The zero-order valence-electron chi connectivity index (χ0n) is 10.4. The van der Waals surface area contributed by atoms with Crippen molar-refractivity contribution >= 4 is 11.8 Å². The van der Waals surface area contributed by atoms with Crippen LogP contribution in [0, 0.1) is 5.82 Å². The summed E-state index contributed by atoms with van der Waals surface area (Å²) in [6.45, 7) is 0. The van der Waals surface area contributed by atoms with E-state index < -0.39 is 23.2 Å². The van der Waals surface area contributed by atoms with Gasteiger partial charge in [-0.25, -0.2) is 16.1 Å². The number of nitrogens with two attached hydrogens (primary N) is 2. The van der Waals surface area contributed by atoms with Gasteiger partial charge in [0.05, 0.1) is 11.1 Å². The van der Waals surface area contributed by atoms with Crippen molar-refractivity contribution in [2.24, 2.45) is 11.7 Å². The van der Waals surface area contributed by atoms with Gasteiger partial charge in [-0.3, -0.25) is 20.4 Å². The van der Waals surface area contributed by atoms with Crippen LogP contribution in [0.5, 0.6) is 0 Å². The largest absolute Gasteiger partial charge is 0.368 e. The van der Waals surface area contributed by atoms with E-state index in [1.165, 1.54) is 12.1 Å². The van der Waals surface area contributed by atoms with Crippen LogP contribution in [0.15, 0.2) is 42.7 Å². The molecule has 8 heteroatoms. The molecule has 0 spiro atoms. The zero-order chi connectivity index (χ0) is 15.0. The second-order valence-corrected chi connectivity index (χ2v) is 3.49. The summed E-state index contributed by atoms with van der Waals surface area (Å²) in [5, 5.41) is 0. The number of nitrogen functional groups attached to an aromatic ring is 2. The van der Waals surface area contributed by atoms with Crippen LogP contribution >= 0.6 is 0 Å². The van der Waals surface area contributed by atoms with Crippen molar-refractivity contribution in [2.75, 3.05) is 0 Å². The van der Waals surface area contributed by atoms with Gasteiger partial charge in [0.15, 0.2) is 0 Å². The highest BCUT2D eigenvalue weighted by Gasteiger charge is 2.19. The number of H-pyrrole nitrogens is 1. The van der Waals surface area contributed by atoms with Gasteiger partial charge in [-0.05, 0) is 24.3 Å². The fourth-order valence-electron chi connectivity index (χ4n) is 1.37. The molecule has 1 aromatic carbocycles. The summed E-state index contributed by atoms with van der Waals surface area (Å²) in [5.74, 6) is 7.22. The van der Waals surface area contributed by atoms with Crippen LogP contribution in [0.4, 0.5) is 4.39 Å². The quantitative estimate of drug-likeness (QED) is 0.302. The first kappa shape index (κ1) is 15.3.